The van der Waals surface area contributed by atoms with Gasteiger partial charge >= 0.3 is 6.73 Å². The molecule has 17 heavy (non-hydrogen) atoms. The second-order valence-electron chi connectivity index (χ2n) is 3.50. The van der Waals surface area contributed by atoms with Gasteiger partial charge in [0.05, 0.1) is 4.92 Å². The molecule has 0 aliphatic carbocycles. The Morgan fingerprint density at radius 3 is 2.12 bits per heavy atom. The molecule has 0 bridgehead atoms. The van der Waals surface area contributed by atoms with Gasteiger partial charge in [-0.05, 0) is 23.3 Å². The van der Waals surface area contributed by atoms with Gasteiger partial charge in [0.2, 0.25) is 0 Å². The van der Waals surface area contributed by atoms with E-state index in [2.05, 4.69) is 0 Å². The zero-order valence-corrected chi connectivity index (χ0v) is 9.08. The lowest BCUT2D eigenvalue weighted by Gasteiger charge is -2.04. The summed E-state index contributed by atoms with van der Waals surface area (Å²) >= 11 is 0. The number of ether oxygens (including phenoxy) is 1. The van der Waals surface area contributed by atoms with Crippen molar-refractivity contribution in [2.24, 2.45) is 0 Å². The predicted octanol–water partition coefficient (Wildman–Crippen LogP) is 2.97. The third kappa shape index (κ3) is 3.04. The molecule has 4 nitrogen and oxygen atoms in total. The van der Waals surface area contributed by atoms with E-state index in [1.54, 1.807) is 12.1 Å². The highest BCUT2D eigenvalue weighted by atomic mass is 16.7. The molecule has 0 heterocycles. The highest BCUT2D eigenvalue weighted by Gasteiger charge is 2.00. The van der Waals surface area contributed by atoms with Gasteiger partial charge in [0.25, 0.3) is 0 Å². The second kappa shape index (κ2) is 5.12. The minimum Gasteiger partial charge on any atom is -0.432 e. The van der Waals surface area contributed by atoms with E-state index in [0.29, 0.717) is 5.75 Å². The van der Waals surface area contributed by atoms with Gasteiger partial charge in [-0.25, -0.2) is 0 Å². The van der Waals surface area contributed by atoms with Gasteiger partial charge < -0.3 is 4.74 Å². The molecule has 0 N–H and O–H groups in total. The minimum absolute atomic E-state index is 0.501. The molecule has 0 amide bonds. The molecule has 0 spiro atoms. The van der Waals surface area contributed by atoms with E-state index >= 15 is 0 Å². The summed E-state index contributed by atoms with van der Waals surface area (Å²) in [6.07, 6.45) is 0. The normalized spacial score (nSPS) is 9.88. The Morgan fingerprint density at radius 2 is 1.53 bits per heavy atom. The zero-order valence-electron chi connectivity index (χ0n) is 9.08. The molecule has 0 atom stereocenters. The molecule has 0 saturated carbocycles. The van der Waals surface area contributed by atoms with Crippen LogP contribution >= 0.6 is 0 Å². The van der Waals surface area contributed by atoms with E-state index in [-0.39, 0.29) is 0 Å². The molecule has 0 aromatic heterocycles. The van der Waals surface area contributed by atoms with Crippen molar-refractivity contribution in [3.05, 3.63) is 64.7 Å². The van der Waals surface area contributed by atoms with Gasteiger partial charge in [0.1, 0.15) is 5.75 Å². The number of nitro groups is 1. The Morgan fingerprint density at radius 1 is 0.941 bits per heavy atom. The van der Waals surface area contributed by atoms with E-state index in [1.807, 2.05) is 42.5 Å². The van der Waals surface area contributed by atoms with E-state index in [1.165, 1.54) is 0 Å². The van der Waals surface area contributed by atoms with Gasteiger partial charge in [0, 0.05) is 0 Å². The van der Waals surface area contributed by atoms with E-state index < -0.39 is 11.7 Å². The predicted molar refractivity (Wildman–Crippen MR) is 64.4 cm³/mol. The highest BCUT2D eigenvalue weighted by molar-refractivity contribution is 5.63. The van der Waals surface area contributed by atoms with Crippen LogP contribution in [0.5, 0.6) is 5.75 Å². The first-order chi connectivity index (χ1) is 8.25. The molecule has 4 heteroatoms. The summed E-state index contributed by atoms with van der Waals surface area (Å²) in [5, 5.41) is 10.1. The van der Waals surface area contributed by atoms with Crippen molar-refractivity contribution in [3.63, 3.8) is 0 Å². The molecule has 2 aromatic carbocycles. The Kier molecular flexibility index (Phi) is 3.35. The first kappa shape index (κ1) is 11.1. The molecule has 2 rings (SSSR count). The maximum Gasteiger partial charge on any atom is 0.344 e. The fourth-order valence-corrected chi connectivity index (χ4v) is 1.50. The van der Waals surface area contributed by atoms with Crippen molar-refractivity contribution < 1.29 is 9.66 Å². The summed E-state index contributed by atoms with van der Waals surface area (Å²) < 4.78 is 4.96. The quantitative estimate of drug-likeness (QED) is 0.460. The number of hydrogen-bond acceptors (Lipinski definition) is 3. The van der Waals surface area contributed by atoms with Gasteiger partial charge in [0.15, 0.2) is 0 Å². The third-order valence-corrected chi connectivity index (χ3v) is 2.30. The summed E-state index contributed by atoms with van der Waals surface area (Å²) in [6.45, 7) is -0.509. The summed E-state index contributed by atoms with van der Waals surface area (Å²) in [5.41, 5.74) is 2.16. The standard InChI is InChI=1S/C13H11NO3/c15-14(16)10-17-13-8-6-12(7-9-13)11-4-2-1-3-5-11/h1-9H,10H2. The highest BCUT2D eigenvalue weighted by Crippen LogP contribution is 2.21. The molecule has 2 aromatic rings. The lowest BCUT2D eigenvalue weighted by Crippen LogP contribution is -2.07. The first-order valence-corrected chi connectivity index (χ1v) is 5.16. The molecule has 0 aliphatic rings. The van der Waals surface area contributed by atoms with Crippen LogP contribution in [0, 0.1) is 10.1 Å². The molecule has 0 saturated heterocycles. The van der Waals surface area contributed by atoms with Crippen molar-refractivity contribution in [2.75, 3.05) is 6.73 Å². The molecular weight excluding hydrogens is 218 g/mol. The van der Waals surface area contributed by atoms with Crippen LogP contribution in [0.3, 0.4) is 0 Å². The van der Waals surface area contributed by atoms with Crippen LogP contribution in [0.15, 0.2) is 54.6 Å². The third-order valence-electron chi connectivity index (χ3n) is 2.30. The largest absolute Gasteiger partial charge is 0.432 e. The Hall–Kier alpha value is -2.36. The molecular formula is C13H11NO3. The average molecular weight is 229 g/mol. The molecule has 0 radical (unpaired) electrons. The van der Waals surface area contributed by atoms with Crippen LogP contribution in [0.4, 0.5) is 0 Å². The van der Waals surface area contributed by atoms with Gasteiger partial charge in [-0.2, -0.15) is 0 Å². The topological polar surface area (TPSA) is 52.4 Å². The monoisotopic (exact) mass is 229 g/mol. The first-order valence-electron chi connectivity index (χ1n) is 5.16. The van der Waals surface area contributed by atoms with Crippen LogP contribution in [-0.4, -0.2) is 11.7 Å². The van der Waals surface area contributed by atoms with Crippen molar-refractivity contribution in [3.8, 4) is 16.9 Å². The van der Waals surface area contributed by atoms with Crippen LogP contribution < -0.4 is 4.74 Å². The van der Waals surface area contributed by atoms with Crippen molar-refractivity contribution in [1.82, 2.24) is 0 Å². The summed E-state index contributed by atoms with van der Waals surface area (Å²) in [5.74, 6) is 0.501. The van der Waals surface area contributed by atoms with Crippen molar-refractivity contribution >= 4 is 0 Å². The molecule has 86 valence electrons. The summed E-state index contributed by atoms with van der Waals surface area (Å²) in [6, 6.07) is 17.1. The fraction of sp³-hybridized carbons (Fsp3) is 0.0769. The minimum atomic E-state index is -0.509. The van der Waals surface area contributed by atoms with E-state index in [9.17, 15) is 10.1 Å². The SMILES string of the molecule is O=[N+]([O-])COc1ccc(-c2ccccc2)cc1. The van der Waals surface area contributed by atoms with Crippen LogP contribution in [-0.2, 0) is 0 Å². The molecule has 0 unspecified atom stereocenters. The number of benzene rings is 2. The number of hydrogen-bond donors (Lipinski definition) is 0. The maximum atomic E-state index is 10.1. The second-order valence-corrected chi connectivity index (χ2v) is 3.50. The van der Waals surface area contributed by atoms with E-state index in [0.717, 1.165) is 11.1 Å². The van der Waals surface area contributed by atoms with Crippen LogP contribution in [0.2, 0.25) is 0 Å². The number of nitrogens with zero attached hydrogens (tertiary/aromatic N) is 1. The lowest BCUT2D eigenvalue weighted by atomic mass is 10.1. The maximum absolute atomic E-state index is 10.1. The van der Waals surface area contributed by atoms with Crippen LogP contribution in [0.1, 0.15) is 0 Å². The van der Waals surface area contributed by atoms with Crippen LogP contribution in [0.25, 0.3) is 11.1 Å². The molecule has 0 aliphatic heterocycles. The summed E-state index contributed by atoms with van der Waals surface area (Å²) in [7, 11) is 0. The Labute approximate surface area is 98.6 Å². The molecule has 0 fully saturated rings. The summed E-state index contributed by atoms with van der Waals surface area (Å²) in [4.78, 5) is 9.63. The van der Waals surface area contributed by atoms with Crippen molar-refractivity contribution in [1.29, 1.82) is 0 Å². The average Bonchev–Trinajstić information content (AvgIpc) is 2.38. The van der Waals surface area contributed by atoms with Gasteiger partial charge in [-0.15, -0.1) is 0 Å². The fourth-order valence-electron chi connectivity index (χ4n) is 1.50. The smallest absolute Gasteiger partial charge is 0.344 e. The van der Waals surface area contributed by atoms with E-state index in [4.69, 9.17) is 4.74 Å². The Bertz CT molecular complexity index is 494. The van der Waals surface area contributed by atoms with Crippen molar-refractivity contribution in [2.45, 2.75) is 0 Å². The van der Waals surface area contributed by atoms with Gasteiger partial charge in [-0.1, -0.05) is 42.5 Å². The number of rotatable bonds is 4. The lowest BCUT2D eigenvalue weighted by molar-refractivity contribution is -0.514. The van der Waals surface area contributed by atoms with Gasteiger partial charge in [-0.3, -0.25) is 10.1 Å². The zero-order chi connectivity index (χ0) is 12.1. The Balaban J connectivity index is 2.11.